The molecule has 96 valence electrons. The van der Waals surface area contributed by atoms with Gasteiger partial charge in [-0.1, -0.05) is 30.3 Å². The van der Waals surface area contributed by atoms with Crippen LogP contribution in [0.4, 0.5) is 0 Å². The number of ether oxygens (including phenoxy) is 1. The Bertz CT molecular complexity index is 467. The molecule has 1 aromatic heterocycles. The van der Waals surface area contributed by atoms with Gasteiger partial charge in [0, 0.05) is 19.8 Å². The highest BCUT2D eigenvalue weighted by Gasteiger charge is 2.17. The van der Waals surface area contributed by atoms with E-state index in [0.717, 1.165) is 17.8 Å². The minimum absolute atomic E-state index is 0.0629. The highest BCUT2D eigenvalue weighted by atomic mass is 16.5. The third kappa shape index (κ3) is 2.97. The second kappa shape index (κ2) is 6.33. The van der Waals surface area contributed by atoms with Crippen molar-refractivity contribution in [2.75, 3.05) is 20.2 Å². The highest BCUT2D eigenvalue weighted by Crippen LogP contribution is 2.24. The maximum Gasteiger partial charge on any atom is 0.124 e. The first-order valence-electron chi connectivity index (χ1n) is 6.12. The molecule has 0 saturated carbocycles. The number of aryl methyl sites for hydroxylation is 1. The zero-order valence-corrected chi connectivity index (χ0v) is 10.8. The van der Waals surface area contributed by atoms with Gasteiger partial charge in [0.2, 0.25) is 0 Å². The van der Waals surface area contributed by atoms with E-state index in [1.165, 1.54) is 0 Å². The summed E-state index contributed by atoms with van der Waals surface area (Å²) in [6, 6.07) is 12.2. The molecule has 1 atom stereocenters. The minimum Gasteiger partial charge on any atom is -0.366 e. The standard InChI is InChI=1S/C14H19N3O/c1-15-10-11-18-14(12-6-4-3-5-7-12)13-8-9-16-17(13)2/h3-9,14-15H,10-11H2,1-2H3. The van der Waals surface area contributed by atoms with E-state index in [0.29, 0.717) is 6.61 Å². The zero-order valence-electron chi connectivity index (χ0n) is 10.8. The van der Waals surface area contributed by atoms with Crippen LogP contribution < -0.4 is 5.32 Å². The van der Waals surface area contributed by atoms with E-state index in [1.807, 2.05) is 43.0 Å². The average molecular weight is 245 g/mol. The smallest absolute Gasteiger partial charge is 0.124 e. The molecule has 2 rings (SSSR count). The predicted octanol–water partition coefficient (Wildman–Crippen LogP) is 1.75. The Labute approximate surface area is 108 Å². The topological polar surface area (TPSA) is 39.1 Å². The van der Waals surface area contributed by atoms with Crippen LogP contribution in [0.15, 0.2) is 42.6 Å². The summed E-state index contributed by atoms with van der Waals surface area (Å²) in [7, 11) is 3.86. The Morgan fingerprint density at radius 1 is 1.28 bits per heavy atom. The molecule has 2 aromatic rings. The first-order valence-corrected chi connectivity index (χ1v) is 6.12. The van der Waals surface area contributed by atoms with Gasteiger partial charge in [0.25, 0.3) is 0 Å². The van der Waals surface area contributed by atoms with Crippen LogP contribution in [-0.4, -0.2) is 30.0 Å². The second-order valence-corrected chi connectivity index (χ2v) is 4.14. The molecular formula is C14H19N3O. The Balaban J connectivity index is 2.21. The summed E-state index contributed by atoms with van der Waals surface area (Å²) in [5.74, 6) is 0. The number of nitrogens with zero attached hydrogens (tertiary/aromatic N) is 2. The van der Waals surface area contributed by atoms with Gasteiger partial charge in [-0.2, -0.15) is 5.10 Å². The van der Waals surface area contributed by atoms with Crippen molar-refractivity contribution in [2.24, 2.45) is 7.05 Å². The maximum atomic E-state index is 5.97. The number of rotatable bonds is 6. The van der Waals surface area contributed by atoms with Crippen LogP contribution in [-0.2, 0) is 11.8 Å². The monoisotopic (exact) mass is 245 g/mol. The minimum atomic E-state index is -0.0629. The first kappa shape index (κ1) is 12.8. The van der Waals surface area contributed by atoms with E-state index < -0.39 is 0 Å². The number of benzene rings is 1. The van der Waals surface area contributed by atoms with E-state index in [-0.39, 0.29) is 6.10 Å². The van der Waals surface area contributed by atoms with Crippen molar-refractivity contribution in [1.82, 2.24) is 15.1 Å². The first-order chi connectivity index (χ1) is 8.83. The Morgan fingerprint density at radius 3 is 2.67 bits per heavy atom. The Morgan fingerprint density at radius 2 is 2.06 bits per heavy atom. The number of hydrogen-bond acceptors (Lipinski definition) is 3. The van der Waals surface area contributed by atoms with E-state index in [1.54, 1.807) is 6.20 Å². The van der Waals surface area contributed by atoms with Gasteiger partial charge in [0.15, 0.2) is 0 Å². The molecule has 0 saturated heterocycles. The normalized spacial score (nSPS) is 12.6. The fourth-order valence-corrected chi connectivity index (χ4v) is 1.90. The molecule has 0 fully saturated rings. The summed E-state index contributed by atoms with van der Waals surface area (Å²) in [6.45, 7) is 1.50. The molecule has 1 heterocycles. The molecule has 0 bridgehead atoms. The molecule has 4 nitrogen and oxygen atoms in total. The molecule has 0 aliphatic rings. The van der Waals surface area contributed by atoms with Crippen molar-refractivity contribution in [3.63, 3.8) is 0 Å². The lowest BCUT2D eigenvalue weighted by atomic mass is 10.1. The van der Waals surface area contributed by atoms with Gasteiger partial charge >= 0.3 is 0 Å². The van der Waals surface area contributed by atoms with Gasteiger partial charge in [-0.25, -0.2) is 0 Å². The predicted molar refractivity (Wildman–Crippen MR) is 71.4 cm³/mol. The van der Waals surface area contributed by atoms with Gasteiger partial charge < -0.3 is 10.1 Å². The van der Waals surface area contributed by atoms with Crippen molar-refractivity contribution >= 4 is 0 Å². The van der Waals surface area contributed by atoms with Gasteiger partial charge in [-0.15, -0.1) is 0 Å². The molecule has 0 aliphatic heterocycles. The van der Waals surface area contributed by atoms with E-state index >= 15 is 0 Å². The van der Waals surface area contributed by atoms with Gasteiger partial charge in [0.05, 0.1) is 12.3 Å². The average Bonchev–Trinajstić information content (AvgIpc) is 2.82. The molecule has 0 radical (unpaired) electrons. The molecule has 4 heteroatoms. The maximum absolute atomic E-state index is 5.97. The quantitative estimate of drug-likeness (QED) is 0.788. The van der Waals surface area contributed by atoms with Crippen molar-refractivity contribution in [1.29, 1.82) is 0 Å². The van der Waals surface area contributed by atoms with E-state index in [9.17, 15) is 0 Å². The van der Waals surface area contributed by atoms with E-state index in [2.05, 4.69) is 22.5 Å². The summed E-state index contributed by atoms with van der Waals surface area (Å²) in [5, 5.41) is 7.30. The van der Waals surface area contributed by atoms with Crippen LogP contribution in [0.5, 0.6) is 0 Å². The molecule has 1 unspecified atom stereocenters. The summed E-state index contributed by atoms with van der Waals surface area (Å²) < 4.78 is 7.83. The lowest BCUT2D eigenvalue weighted by Crippen LogP contribution is -2.18. The molecule has 0 amide bonds. The molecule has 0 aliphatic carbocycles. The zero-order chi connectivity index (χ0) is 12.8. The van der Waals surface area contributed by atoms with Gasteiger partial charge in [-0.3, -0.25) is 4.68 Å². The fraction of sp³-hybridized carbons (Fsp3) is 0.357. The van der Waals surface area contributed by atoms with Crippen molar-refractivity contribution in [2.45, 2.75) is 6.10 Å². The van der Waals surface area contributed by atoms with Crippen molar-refractivity contribution < 1.29 is 4.74 Å². The van der Waals surface area contributed by atoms with Crippen LogP contribution in [0.3, 0.4) is 0 Å². The lowest BCUT2D eigenvalue weighted by Gasteiger charge is -2.18. The number of aromatic nitrogens is 2. The van der Waals surface area contributed by atoms with Crippen molar-refractivity contribution in [3.8, 4) is 0 Å². The summed E-state index contributed by atoms with van der Waals surface area (Å²) in [6.07, 6.45) is 1.74. The molecular weight excluding hydrogens is 226 g/mol. The fourth-order valence-electron chi connectivity index (χ4n) is 1.90. The molecule has 1 N–H and O–H groups in total. The SMILES string of the molecule is CNCCOC(c1ccccc1)c1ccnn1C. The van der Waals surface area contributed by atoms with Crippen LogP contribution in [0.1, 0.15) is 17.4 Å². The second-order valence-electron chi connectivity index (χ2n) is 4.14. The summed E-state index contributed by atoms with van der Waals surface area (Å²) >= 11 is 0. The van der Waals surface area contributed by atoms with Crippen LogP contribution in [0.2, 0.25) is 0 Å². The Hall–Kier alpha value is -1.65. The van der Waals surface area contributed by atoms with Gasteiger partial charge in [0.1, 0.15) is 6.10 Å². The third-order valence-electron chi connectivity index (χ3n) is 2.87. The Kier molecular flexibility index (Phi) is 4.50. The molecule has 0 spiro atoms. The lowest BCUT2D eigenvalue weighted by molar-refractivity contribution is 0.0776. The van der Waals surface area contributed by atoms with Crippen LogP contribution in [0, 0.1) is 0 Å². The van der Waals surface area contributed by atoms with Crippen LogP contribution >= 0.6 is 0 Å². The molecule has 18 heavy (non-hydrogen) atoms. The van der Waals surface area contributed by atoms with Gasteiger partial charge in [-0.05, 0) is 18.7 Å². The summed E-state index contributed by atoms with van der Waals surface area (Å²) in [5.41, 5.74) is 2.22. The van der Waals surface area contributed by atoms with Crippen LogP contribution in [0.25, 0.3) is 0 Å². The van der Waals surface area contributed by atoms with E-state index in [4.69, 9.17) is 4.74 Å². The third-order valence-corrected chi connectivity index (χ3v) is 2.87. The molecule has 1 aromatic carbocycles. The largest absolute Gasteiger partial charge is 0.366 e. The van der Waals surface area contributed by atoms with Crippen molar-refractivity contribution in [3.05, 3.63) is 53.9 Å². The summed E-state index contributed by atoms with van der Waals surface area (Å²) in [4.78, 5) is 0. The highest BCUT2D eigenvalue weighted by molar-refractivity contribution is 5.25. The number of nitrogens with one attached hydrogen (secondary N) is 1. The number of likely N-dealkylation sites (N-methyl/N-ethyl adjacent to an activating group) is 1. The number of hydrogen-bond donors (Lipinski definition) is 1.